The number of hydrogen-bond acceptors (Lipinski definition) is 3. The van der Waals surface area contributed by atoms with E-state index in [4.69, 9.17) is 0 Å². The van der Waals surface area contributed by atoms with Crippen LogP contribution in [0.3, 0.4) is 0 Å². The molecule has 0 bridgehead atoms. The highest BCUT2D eigenvalue weighted by Crippen LogP contribution is 2.40. The van der Waals surface area contributed by atoms with Crippen LogP contribution < -0.4 is 0 Å². The first kappa shape index (κ1) is 28.3. The van der Waals surface area contributed by atoms with Crippen LogP contribution in [0.4, 0.5) is 0 Å². The predicted molar refractivity (Wildman–Crippen MR) is 176 cm³/mol. The van der Waals surface area contributed by atoms with Gasteiger partial charge >= 0.3 is 0 Å². The summed E-state index contributed by atoms with van der Waals surface area (Å²) in [6, 6.07) is 27.7. The lowest BCUT2D eigenvalue weighted by Crippen LogP contribution is -2.08. The minimum Gasteiger partial charge on any atom is -0.309 e. The van der Waals surface area contributed by atoms with Crippen molar-refractivity contribution < 1.29 is 14.4 Å². The lowest BCUT2D eigenvalue weighted by Gasteiger charge is -2.14. The van der Waals surface area contributed by atoms with Gasteiger partial charge in [0.1, 0.15) is 0 Å². The van der Waals surface area contributed by atoms with E-state index >= 15 is 0 Å². The van der Waals surface area contributed by atoms with Crippen molar-refractivity contribution in [1.82, 2.24) is 4.57 Å². The van der Waals surface area contributed by atoms with E-state index in [0.717, 1.165) is 60.5 Å². The molecule has 0 radical (unpaired) electrons. The van der Waals surface area contributed by atoms with Gasteiger partial charge in [0.15, 0.2) is 17.3 Å². The Labute approximate surface area is 252 Å². The molecule has 5 aromatic carbocycles. The fraction of sp³-hybridized carbons (Fsp3) is 0.205. The molecular formula is C39H35NO3. The fourth-order valence-corrected chi connectivity index (χ4v) is 6.51. The molecule has 0 aliphatic carbocycles. The number of ketones is 3. The second-order valence-electron chi connectivity index (χ2n) is 12.2. The Balaban J connectivity index is 1.72. The maximum atomic E-state index is 14.4. The number of carbonyl (C=O) groups excluding carboxylic acids is 3. The van der Waals surface area contributed by atoms with E-state index in [1.54, 1.807) is 6.92 Å². The van der Waals surface area contributed by atoms with Gasteiger partial charge in [0.05, 0.1) is 11.0 Å². The molecule has 4 nitrogen and oxygen atoms in total. The van der Waals surface area contributed by atoms with Crippen LogP contribution in [0.2, 0.25) is 0 Å². The Morgan fingerprint density at radius 1 is 0.698 bits per heavy atom. The minimum atomic E-state index is -0.00755. The molecule has 4 heteroatoms. The molecule has 0 aliphatic rings. The van der Waals surface area contributed by atoms with Gasteiger partial charge in [-0.15, -0.1) is 0 Å². The summed E-state index contributed by atoms with van der Waals surface area (Å²) in [5, 5.41) is 3.65. The number of carbonyl (C=O) groups is 3. The number of rotatable bonds is 7. The number of nitrogens with zero attached hydrogens (tertiary/aromatic N) is 1. The van der Waals surface area contributed by atoms with Crippen molar-refractivity contribution in [2.75, 3.05) is 0 Å². The molecule has 214 valence electrons. The molecule has 6 rings (SSSR count). The highest BCUT2D eigenvalue weighted by Gasteiger charge is 2.23. The van der Waals surface area contributed by atoms with Crippen LogP contribution in [0.5, 0.6) is 0 Å². The van der Waals surface area contributed by atoms with Crippen molar-refractivity contribution in [3.63, 3.8) is 0 Å². The molecule has 1 heterocycles. The summed E-state index contributed by atoms with van der Waals surface area (Å²) in [5.41, 5.74) is 8.53. The second-order valence-corrected chi connectivity index (χ2v) is 12.2. The Hall–Kier alpha value is -4.83. The molecular weight excluding hydrogens is 530 g/mol. The second kappa shape index (κ2) is 10.8. The summed E-state index contributed by atoms with van der Waals surface area (Å²) in [5.74, 6) is 0.356. The topological polar surface area (TPSA) is 56.1 Å². The summed E-state index contributed by atoms with van der Waals surface area (Å²) in [6.45, 7) is 11.7. The molecule has 0 saturated heterocycles. The van der Waals surface area contributed by atoms with Gasteiger partial charge < -0.3 is 4.57 Å². The standard InChI is InChI=1S/C39H35NO3/c1-22(2)17-36(42)28-13-16-35-32(20-28)33-21-34(39(43)37-24(4)18-23(3)19-25(37)5)30-9-7-8-10-31(30)38(33)40(35)29-14-11-27(12-15-29)26(6)41/h7-16,18-22H,17H2,1-6H3. The molecule has 0 aliphatic heterocycles. The van der Waals surface area contributed by atoms with E-state index in [2.05, 4.69) is 22.8 Å². The number of aromatic nitrogens is 1. The van der Waals surface area contributed by atoms with Crippen molar-refractivity contribution in [2.24, 2.45) is 5.92 Å². The molecule has 0 saturated carbocycles. The van der Waals surface area contributed by atoms with Crippen LogP contribution in [-0.4, -0.2) is 21.9 Å². The zero-order chi connectivity index (χ0) is 30.6. The lowest BCUT2D eigenvalue weighted by molar-refractivity contribution is 0.0966. The first-order chi connectivity index (χ1) is 20.5. The molecule has 0 spiro atoms. The van der Waals surface area contributed by atoms with E-state index < -0.39 is 0 Å². The van der Waals surface area contributed by atoms with Crippen molar-refractivity contribution in [1.29, 1.82) is 0 Å². The third-order valence-electron chi connectivity index (χ3n) is 8.36. The maximum absolute atomic E-state index is 14.4. The van der Waals surface area contributed by atoms with Crippen LogP contribution in [0.25, 0.3) is 38.3 Å². The summed E-state index contributed by atoms with van der Waals surface area (Å²) < 4.78 is 2.18. The van der Waals surface area contributed by atoms with E-state index in [0.29, 0.717) is 23.1 Å². The summed E-state index contributed by atoms with van der Waals surface area (Å²) in [6.07, 6.45) is 0.468. The highest BCUT2D eigenvalue weighted by molar-refractivity contribution is 6.27. The van der Waals surface area contributed by atoms with Gasteiger partial charge in [-0.3, -0.25) is 14.4 Å². The molecule has 6 aromatic rings. The Morgan fingerprint density at radius 2 is 1.33 bits per heavy atom. The van der Waals surface area contributed by atoms with Gasteiger partial charge in [-0.1, -0.05) is 55.8 Å². The zero-order valence-electron chi connectivity index (χ0n) is 25.5. The molecule has 43 heavy (non-hydrogen) atoms. The predicted octanol–water partition coefficient (Wildman–Crippen LogP) is 9.52. The number of aryl methyl sites for hydroxylation is 3. The monoisotopic (exact) mass is 565 g/mol. The van der Waals surface area contributed by atoms with Crippen molar-refractivity contribution in [3.8, 4) is 5.69 Å². The first-order valence-electron chi connectivity index (χ1n) is 14.8. The van der Waals surface area contributed by atoms with Crippen LogP contribution in [-0.2, 0) is 0 Å². The van der Waals surface area contributed by atoms with Crippen LogP contribution in [0, 0.1) is 26.7 Å². The largest absolute Gasteiger partial charge is 0.309 e. The third-order valence-corrected chi connectivity index (χ3v) is 8.36. The molecule has 0 unspecified atom stereocenters. The average Bonchev–Trinajstić information content (AvgIpc) is 3.29. The number of hydrogen-bond donors (Lipinski definition) is 0. The molecule has 0 N–H and O–H groups in total. The van der Waals surface area contributed by atoms with Crippen LogP contribution >= 0.6 is 0 Å². The smallest absolute Gasteiger partial charge is 0.194 e. The number of Topliss-reactive ketones (excluding diaryl/α,β-unsaturated/α-hetero) is 2. The zero-order valence-corrected chi connectivity index (χ0v) is 25.5. The maximum Gasteiger partial charge on any atom is 0.194 e. The van der Waals surface area contributed by atoms with Gasteiger partial charge in [-0.05, 0) is 98.7 Å². The normalized spacial score (nSPS) is 11.6. The Kier molecular flexibility index (Phi) is 7.09. The Bertz CT molecular complexity index is 2090. The number of benzene rings is 5. The molecule has 0 atom stereocenters. The molecule has 0 amide bonds. The first-order valence-corrected chi connectivity index (χ1v) is 14.8. The molecule has 0 fully saturated rings. The van der Waals surface area contributed by atoms with Crippen LogP contribution in [0.1, 0.15) is 80.5 Å². The van der Waals surface area contributed by atoms with Gasteiger partial charge in [-0.25, -0.2) is 0 Å². The third kappa shape index (κ3) is 4.87. The van der Waals surface area contributed by atoms with Crippen molar-refractivity contribution in [2.45, 2.75) is 48.0 Å². The van der Waals surface area contributed by atoms with Gasteiger partial charge in [-0.2, -0.15) is 0 Å². The van der Waals surface area contributed by atoms with Crippen molar-refractivity contribution >= 4 is 49.9 Å². The highest BCUT2D eigenvalue weighted by atomic mass is 16.1. The average molecular weight is 566 g/mol. The van der Waals surface area contributed by atoms with E-state index in [1.807, 2.05) is 101 Å². The summed E-state index contributed by atoms with van der Waals surface area (Å²) in [4.78, 5) is 39.6. The van der Waals surface area contributed by atoms with Gasteiger partial charge in [0.2, 0.25) is 0 Å². The van der Waals surface area contributed by atoms with E-state index in [1.165, 1.54) is 0 Å². The van der Waals surface area contributed by atoms with E-state index in [9.17, 15) is 14.4 Å². The van der Waals surface area contributed by atoms with Gasteiger partial charge in [0, 0.05) is 50.5 Å². The van der Waals surface area contributed by atoms with E-state index in [-0.39, 0.29) is 23.3 Å². The van der Waals surface area contributed by atoms with Crippen molar-refractivity contribution in [3.05, 3.63) is 124 Å². The number of fused-ring (bicyclic) bond motifs is 5. The van der Waals surface area contributed by atoms with Gasteiger partial charge in [0.25, 0.3) is 0 Å². The summed E-state index contributed by atoms with van der Waals surface area (Å²) >= 11 is 0. The summed E-state index contributed by atoms with van der Waals surface area (Å²) in [7, 11) is 0. The SMILES string of the molecule is CC(=O)c1ccc(-n2c3ccc(C(=O)CC(C)C)cc3c3cc(C(=O)c4c(C)cc(C)cc4C)c4ccccc4c32)cc1. The van der Waals surface area contributed by atoms with Crippen LogP contribution in [0.15, 0.2) is 84.9 Å². The quantitative estimate of drug-likeness (QED) is 0.181. The minimum absolute atomic E-state index is 0.00755. The fourth-order valence-electron chi connectivity index (χ4n) is 6.51. The molecule has 1 aromatic heterocycles. The Morgan fingerprint density at radius 3 is 1.95 bits per heavy atom. The lowest BCUT2D eigenvalue weighted by atomic mass is 9.89.